The van der Waals surface area contributed by atoms with E-state index in [4.69, 9.17) is 21.1 Å². The molecule has 1 heterocycles. The van der Waals surface area contributed by atoms with E-state index in [1.165, 1.54) is 5.56 Å². The average molecular weight is 473 g/mol. The van der Waals surface area contributed by atoms with Crippen molar-refractivity contribution in [3.63, 3.8) is 0 Å². The molecule has 0 unspecified atom stereocenters. The fourth-order valence-electron chi connectivity index (χ4n) is 3.42. The number of carbonyl (C=O) groups is 1. The minimum Gasteiger partial charge on any atom is -0.495 e. The van der Waals surface area contributed by atoms with Crippen LogP contribution in [0.4, 0.5) is 5.69 Å². The molecule has 0 spiro atoms. The zero-order valence-corrected chi connectivity index (χ0v) is 20.5. The van der Waals surface area contributed by atoms with Crippen LogP contribution in [0, 0.1) is 0 Å². The molecule has 0 aromatic heterocycles. The van der Waals surface area contributed by atoms with Crippen LogP contribution in [0.5, 0.6) is 5.75 Å². The summed E-state index contributed by atoms with van der Waals surface area (Å²) in [5, 5.41) is 6.56. The third kappa shape index (κ3) is 7.45. The zero-order chi connectivity index (χ0) is 23.8. The van der Waals surface area contributed by atoms with E-state index < -0.39 is 0 Å². The van der Waals surface area contributed by atoms with Gasteiger partial charge in [-0.15, -0.1) is 0 Å². The first kappa shape index (κ1) is 25.0. The van der Waals surface area contributed by atoms with E-state index in [1.807, 2.05) is 30.3 Å². The summed E-state index contributed by atoms with van der Waals surface area (Å²) >= 11 is 6.26. The van der Waals surface area contributed by atoms with Crippen LogP contribution in [-0.4, -0.2) is 63.3 Å². The third-order valence-corrected chi connectivity index (χ3v) is 5.74. The van der Waals surface area contributed by atoms with Crippen LogP contribution in [0.1, 0.15) is 36.7 Å². The van der Waals surface area contributed by atoms with Crippen molar-refractivity contribution in [2.75, 3.05) is 51.8 Å². The number of amides is 1. The van der Waals surface area contributed by atoms with Crippen molar-refractivity contribution >= 4 is 29.2 Å². The molecule has 0 atom stereocenters. The summed E-state index contributed by atoms with van der Waals surface area (Å²) in [6, 6.07) is 13.0. The van der Waals surface area contributed by atoms with E-state index in [0.717, 1.165) is 32.8 Å². The van der Waals surface area contributed by atoms with Gasteiger partial charge in [-0.25, -0.2) is 0 Å². The summed E-state index contributed by atoms with van der Waals surface area (Å²) in [6.07, 6.45) is 0. The second kappa shape index (κ2) is 11.5. The quantitative estimate of drug-likeness (QED) is 0.487. The number of nitrogens with one attached hydrogen (secondary N) is 2. The number of hydrogen-bond donors (Lipinski definition) is 2. The van der Waals surface area contributed by atoms with E-state index >= 15 is 0 Å². The van der Waals surface area contributed by atoms with Gasteiger partial charge in [-0.1, -0.05) is 44.5 Å². The first-order valence-corrected chi connectivity index (χ1v) is 11.5. The van der Waals surface area contributed by atoms with E-state index in [1.54, 1.807) is 19.2 Å². The topological polar surface area (TPSA) is 75.2 Å². The van der Waals surface area contributed by atoms with Crippen LogP contribution in [-0.2, 0) is 10.2 Å². The van der Waals surface area contributed by atoms with Crippen molar-refractivity contribution in [1.29, 1.82) is 0 Å². The number of guanidine groups is 1. The molecule has 1 fully saturated rings. The zero-order valence-electron chi connectivity index (χ0n) is 19.8. The Hall–Kier alpha value is -2.61. The molecular formula is C25H33ClN4O3. The molecule has 1 amide bonds. The number of nitrogens with zero attached hydrogens (tertiary/aromatic N) is 2. The fourth-order valence-corrected chi connectivity index (χ4v) is 3.68. The number of rotatable bonds is 6. The molecule has 2 N–H and O–H groups in total. The lowest BCUT2D eigenvalue weighted by molar-refractivity contribution is 0.0394. The standard InChI is InChI=1S/C25H33ClN4O3/c1-25(2,3)19-7-5-18(6-8-19)23(31)29-24(27-11-12-30-13-15-33-16-14-30)28-20-9-10-22(32-4)21(26)17-20/h5-10,17H,11-16H2,1-4H3,(H2,27,28,29,31). The van der Waals surface area contributed by atoms with Gasteiger partial charge in [-0.05, 0) is 41.3 Å². The average Bonchev–Trinajstić information content (AvgIpc) is 2.79. The lowest BCUT2D eigenvalue weighted by Gasteiger charge is -2.25. The summed E-state index contributed by atoms with van der Waals surface area (Å²) in [6.45, 7) is 11.0. The molecule has 0 radical (unpaired) electrons. The summed E-state index contributed by atoms with van der Waals surface area (Å²) in [7, 11) is 1.57. The van der Waals surface area contributed by atoms with E-state index in [0.29, 0.717) is 34.5 Å². The molecule has 8 heteroatoms. The molecule has 1 aliphatic heterocycles. The molecule has 33 heavy (non-hydrogen) atoms. The van der Waals surface area contributed by atoms with Gasteiger partial charge in [0.05, 0.1) is 31.9 Å². The van der Waals surface area contributed by atoms with Crippen LogP contribution >= 0.6 is 11.6 Å². The lowest BCUT2D eigenvalue weighted by Crippen LogP contribution is -2.39. The summed E-state index contributed by atoms with van der Waals surface area (Å²) in [4.78, 5) is 19.9. The molecule has 1 saturated heterocycles. The highest BCUT2D eigenvalue weighted by Crippen LogP contribution is 2.27. The highest BCUT2D eigenvalue weighted by Gasteiger charge is 2.16. The van der Waals surface area contributed by atoms with Gasteiger partial charge >= 0.3 is 0 Å². The number of methoxy groups -OCH3 is 1. The monoisotopic (exact) mass is 472 g/mol. The number of anilines is 1. The van der Waals surface area contributed by atoms with Gasteiger partial charge in [-0.2, -0.15) is 0 Å². The molecule has 0 saturated carbocycles. The van der Waals surface area contributed by atoms with Crippen molar-refractivity contribution in [1.82, 2.24) is 10.2 Å². The van der Waals surface area contributed by atoms with Crippen LogP contribution in [0.2, 0.25) is 5.02 Å². The molecule has 1 aliphatic rings. The van der Waals surface area contributed by atoms with Gasteiger partial charge in [-0.3, -0.25) is 20.0 Å². The van der Waals surface area contributed by atoms with Gasteiger partial charge in [0.1, 0.15) is 5.75 Å². The first-order chi connectivity index (χ1) is 15.8. The Morgan fingerprint density at radius 3 is 2.45 bits per heavy atom. The lowest BCUT2D eigenvalue weighted by atomic mass is 9.87. The van der Waals surface area contributed by atoms with Crippen molar-refractivity contribution in [3.05, 3.63) is 58.6 Å². The van der Waals surface area contributed by atoms with E-state index in [-0.39, 0.29) is 11.3 Å². The van der Waals surface area contributed by atoms with Gasteiger partial charge in [0.25, 0.3) is 5.91 Å². The molecule has 2 aromatic rings. The summed E-state index contributed by atoms with van der Waals surface area (Å²) < 4.78 is 10.6. The summed E-state index contributed by atoms with van der Waals surface area (Å²) in [5.41, 5.74) is 2.47. The van der Waals surface area contributed by atoms with Crippen LogP contribution in [0.15, 0.2) is 47.5 Å². The molecule has 0 bridgehead atoms. The number of ether oxygens (including phenoxy) is 2. The predicted octanol–water partition coefficient (Wildman–Crippen LogP) is 4.18. The Labute approximate surface area is 201 Å². The number of morpholine rings is 1. The maximum atomic E-state index is 12.9. The SMILES string of the molecule is COc1ccc(NC(=NCCN2CCOCC2)NC(=O)c2ccc(C(C)(C)C)cc2)cc1Cl. The Bertz CT molecular complexity index is 965. The van der Waals surface area contributed by atoms with Crippen molar-refractivity contribution < 1.29 is 14.3 Å². The van der Waals surface area contributed by atoms with Crippen molar-refractivity contribution in [2.45, 2.75) is 26.2 Å². The number of halogens is 1. The number of carbonyl (C=O) groups excluding carboxylic acids is 1. The largest absolute Gasteiger partial charge is 0.495 e. The van der Waals surface area contributed by atoms with Gasteiger partial charge in [0, 0.05) is 30.9 Å². The fraction of sp³-hybridized carbons (Fsp3) is 0.440. The van der Waals surface area contributed by atoms with Gasteiger partial charge in [0.15, 0.2) is 0 Å². The Morgan fingerprint density at radius 1 is 1.15 bits per heavy atom. The molecule has 0 aliphatic carbocycles. The number of aliphatic imine (C=N–C) groups is 1. The highest BCUT2D eigenvalue weighted by molar-refractivity contribution is 6.32. The third-order valence-electron chi connectivity index (χ3n) is 5.45. The normalized spacial score (nSPS) is 15.2. The van der Waals surface area contributed by atoms with Crippen molar-refractivity contribution in [3.8, 4) is 5.75 Å². The predicted molar refractivity (Wildman–Crippen MR) is 134 cm³/mol. The number of benzene rings is 2. The van der Waals surface area contributed by atoms with Crippen LogP contribution in [0.3, 0.4) is 0 Å². The van der Waals surface area contributed by atoms with Crippen LogP contribution in [0.25, 0.3) is 0 Å². The molecule has 7 nitrogen and oxygen atoms in total. The van der Waals surface area contributed by atoms with E-state index in [2.05, 4.69) is 41.3 Å². The Morgan fingerprint density at radius 2 is 1.85 bits per heavy atom. The van der Waals surface area contributed by atoms with Gasteiger partial charge < -0.3 is 14.8 Å². The molecule has 178 valence electrons. The minimum absolute atomic E-state index is 0.0241. The second-order valence-electron chi connectivity index (χ2n) is 8.94. The smallest absolute Gasteiger partial charge is 0.257 e. The minimum atomic E-state index is -0.229. The van der Waals surface area contributed by atoms with Crippen molar-refractivity contribution in [2.24, 2.45) is 4.99 Å². The Kier molecular flexibility index (Phi) is 8.72. The van der Waals surface area contributed by atoms with Crippen LogP contribution < -0.4 is 15.4 Å². The number of hydrogen-bond acceptors (Lipinski definition) is 5. The molecule has 3 rings (SSSR count). The second-order valence-corrected chi connectivity index (χ2v) is 9.35. The molecular weight excluding hydrogens is 440 g/mol. The first-order valence-electron chi connectivity index (χ1n) is 11.1. The van der Waals surface area contributed by atoms with E-state index in [9.17, 15) is 4.79 Å². The van der Waals surface area contributed by atoms with Gasteiger partial charge in [0.2, 0.25) is 5.96 Å². The molecule has 2 aromatic carbocycles. The Balaban J connectivity index is 1.72. The maximum Gasteiger partial charge on any atom is 0.257 e. The highest BCUT2D eigenvalue weighted by atomic mass is 35.5. The maximum absolute atomic E-state index is 12.9. The summed E-state index contributed by atoms with van der Waals surface area (Å²) in [5.74, 6) is 0.720.